The average Bonchev–Trinajstić information content (AvgIpc) is 3.34. The second-order valence-electron chi connectivity index (χ2n) is 8.15. The second kappa shape index (κ2) is 10.0. The molecular formula is C28H21FN2O4S2. The van der Waals surface area contributed by atoms with E-state index in [2.05, 4.69) is 5.32 Å². The topological polar surface area (TPSA) is 75.7 Å². The molecule has 0 aliphatic rings. The normalized spacial score (nSPS) is 11.3. The monoisotopic (exact) mass is 532 g/mol. The standard InChI is InChI=1S/C28H21FN2O4S2/c1-31(37(33,34)25-14-7-20(29)8-15-25)22-11-16-26-19(17-22)18-27(36-26)28(32)30-21-9-12-24(13-10-21)35-23-5-3-2-4-6-23/h2-18H,1H3,(H,30,32). The van der Waals surface area contributed by atoms with Gasteiger partial charge in [0.1, 0.15) is 17.3 Å². The summed E-state index contributed by atoms with van der Waals surface area (Å²) >= 11 is 1.31. The van der Waals surface area contributed by atoms with Gasteiger partial charge in [0.15, 0.2) is 0 Å². The van der Waals surface area contributed by atoms with E-state index in [9.17, 15) is 17.6 Å². The van der Waals surface area contributed by atoms with Crippen LogP contribution in [0.25, 0.3) is 10.1 Å². The van der Waals surface area contributed by atoms with E-state index >= 15 is 0 Å². The number of benzene rings is 4. The lowest BCUT2D eigenvalue weighted by Crippen LogP contribution is -2.26. The molecule has 0 bridgehead atoms. The molecule has 0 aliphatic heterocycles. The highest BCUT2D eigenvalue weighted by Crippen LogP contribution is 2.32. The van der Waals surface area contributed by atoms with Crippen molar-refractivity contribution < 1.29 is 22.3 Å². The van der Waals surface area contributed by atoms with Crippen molar-refractivity contribution in [1.82, 2.24) is 0 Å². The summed E-state index contributed by atoms with van der Waals surface area (Å²) < 4.78 is 46.9. The molecule has 1 N–H and O–H groups in total. The van der Waals surface area contributed by atoms with Crippen molar-refractivity contribution in [2.45, 2.75) is 4.90 Å². The lowest BCUT2D eigenvalue weighted by Gasteiger charge is -2.19. The Morgan fingerprint density at radius 1 is 0.865 bits per heavy atom. The molecule has 5 aromatic rings. The van der Waals surface area contributed by atoms with Crippen LogP contribution >= 0.6 is 11.3 Å². The zero-order valence-electron chi connectivity index (χ0n) is 19.6. The number of rotatable bonds is 7. The van der Waals surface area contributed by atoms with Gasteiger partial charge in [-0.2, -0.15) is 0 Å². The first-order valence-electron chi connectivity index (χ1n) is 11.2. The summed E-state index contributed by atoms with van der Waals surface area (Å²) in [5, 5.41) is 3.61. The van der Waals surface area contributed by atoms with Crippen LogP contribution in [0.15, 0.2) is 108 Å². The number of carbonyl (C=O) groups excluding carboxylic acids is 1. The van der Waals surface area contributed by atoms with Crippen LogP contribution in [0, 0.1) is 5.82 Å². The van der Waals surface area contributed by atoms with Crippen molar-refractivity contribution >= 4 is 48.7 Å². The summed E-state index contributed by atoms with van der Waals surface area (Å²) in [5.74, 6) is 0.591. The predicted octanol–water partition coefficient (Wildman–Crippen LogP) is 6.91. The molecule has 0 atom stereocenters. The van der Waals surface area contributed by atoms with Crippen molar-refractivity contribution in [3.63, 3.8) is 0 Å². The van der Waals surface area contributed by atoms with Gasteiger partial charge in [-0.15, -0.1) is 11.3 Å². The number of amides is 1. The maximum absolute atomic E-state index is 13.2. The van der Waals surface area contributed by atoms with Crippen LogP contribution in [0.5, 0.6) is 11.5 Å². The number of nitrogens with zero attached hydrogens (tertiary/aromatic N) is 1. The lowest BCUT2D eigenvalue weighted by atomic mass is 10.2. The van der Waals surface area contributed by atoms with E-state index < -0.39 is 15.8 Å². The summed E-state index contributed by atoms with van der Waals surface area (Å²) in [6.45, 7) is 0. The summed E-state index contributed by atoms with van der Waals surface area (Å²) in [4.78, 5) is 13.4. The number of halogens is 1. The van der Waals surface area contributed by atoms with E-state index in [1.54, 1.807) is 48.5 Å². The molecular weight excluding hydrogens is 511 g/mol. The minimum absolute atomic E-state index is 0.0120. The Labute approximate surface area is 217 Å². The number of ether oxygens (including phenoxy) is 1. The molecule has 0 aliphatic carbocycles. The Kier molecular flexibility index (Phi) is 6.64. The van der Waals surface area contributed by atoms with Crippen molar-refractivity contribution in [3.8, 4) is 11.5 Å². The van der Waals surface area contributed by atoms with Crippen molar-refractivity contribution in [3.05, 3.63) is 114 Å². The third-order valence-electron chi connectivity index (χ3n) is 5.65. The van der Waals surface area contributed by atoms with Gasteiger partial charge in [0, 0.05) is 17.4 Å². The van der Waals surface area contributed by atoms with Crippen LogP contribution < -0.4 is 14.4 Å². The fourth-order valence-corrected chi connectivity index (χ4v) is 5.79. The van der Waals surface area contributed by atoms with Crippen LogP contribution in [-0.2, 0) is 10.0 Å². The molecule has 1 aromatic heterocycles. The molecule has 5 rings (SSSR count). The molecule has 186 valence electrons. The number of thiophene rings is 1. The van der Waals surface area contributed by atoms with Crippen LogP contribution in [0.4, 0.5) is 15.8 Å². The first kappa shape index (κ1) is 24.5. The summed E-state index contributed by atoms with van der Waals surface area (Å²) in [7, 11) is -2.44. The van der Waals surface area contributed by atoms with Crippen molar-refractivity contribution in [2.24, 2.45) is 0 Å². The molecule has 1 amide bonds. The van der Waals surface area contributed by atoms with Gasteiger partial charge >= 0.3 is 0 Å². The van der Waals surface area contributed by atoms with Gasteiger partial charge in [0.2, 0.25) is 0 Å². The van der Waals surface area contributed by atoms with E-state index in [-0.39, 0.29) is 10.8 Å². The number of para-hydroxylation sites is 1. The molecule has 0 fully saturated rings. The Morgan fingerprint density at radius 3 is 2.24 bits per heavy atom. The predicted molar refractivity (Wildman–Crippen MR) is 145 cm³/mol. The molecule has 0 spiro atoms. The fraction of sp³-hybridized carbons (Fsp3) is 0.0357. The fourth-order valence-electron chi connectivity index (χ4n) is 3.67. The van der Waals surface area contributed by atoms with Gasteiger partial charge < -0.3 is 10.1 Å². The largest absolute Gasteiger partial charge is 0.457 e. The Bertz CT molecular complexity index is 1670. The van der Waals surface area contributed by atoms with Crippen LogP contribution in [0.2, 0.25) is 0 Å². The molecule has 37 heavy (non-hydrogen) atoms. The Morgan fingerprint density at radius 2 is 1.54 bits per heavy atom. The van der Waals surface area contributed by atoms with Gasteiger partial charge in [0.05, 0.1) is 15.5 Å². The minimum Gasteiger partial charge on any atom is -0.457 e. The molecule has 1 heterocycles. The minimum atomic E-state index is -3.87. The van der Waals surface area contributed by atoms with E-state index in [0.717, 1.165) is 32.3 Å². The molecule has 0 unspecified atom stereocenters. The molecule has 6 nitrogen and oxygen atoms in total. The average molecular weight is 533 g/mol. The molecule has 0 radical (unpaired) electrons. The number of fused-ring (bicyclic) bond motifs is 1. The van der Waals surface area contributed by atoms with E-state index in [1.165, 1.54) is 30.5 Å². The SMILES string of the molecule is CN(c1ccc2sc(C(=O)Nc3ccc(Oc4ccccc4)cc3)cc2c1)S(=O)(=O)c1ccc(F)cc1. The van der Waals surface area contributed by atoms with Gasteiger partial charge in [-0.1, -0.05) is 18.2 Å². The maximum atomic E-state index is 13.2. The third-order valence-corrected chi connectivity index (χ3v) is 8.57. The molecule has 4 aromatic carbocycles. The number of carbonyl (C=O) groups is 1. The lowest BCUT2D eigenvalue weighted by molar-refractivity contribution is 0.103. The number of hydrogen-bond donors (Lipinski definition) is 1. The smallest absolute Gasteiger partial charge is 0.265 e. The van der Waals surface area contributed by atoms with Gasteiger partial charge in [-0.3, -0.25) is 9.10 Å². The maximum Gasteiger partial charge on any atom is 0.265 e. The van der Waals surface area contributed by atoms with E-state index in [4.69, 9.17) is 4.74 Å². The molecule has 9 heteroatoms. The molecule has 0 saturated heterocycles. The zero-order valence-corrected chi connectivity index (χ0v) is 21.2. The third kappa shape index (κ3) is 5.32. The number of nitrogens with one attached hydrogen (secondary N) is 1. The van der Waals surface area contributed by atoms with Gasteiger partial charge in [0.25, 0.3) is 15.9 Å². The number of anilines is 2. The van der Waals surface area contributed by atoms with E-state index in [0.29, 0.717) is 22.0 Å². The highest BCUT2D eigenvalue weighted by atomic mass is 32.2. The van der Waals surface area contributed by atoms with Crippen LogP contribution in [-0.4, -0.2) is 21.4 Å². The highest BCUT2D eigenvalue weighted by molar-refractivity contribution is 7.92. The Balaban J connectivity index is 1.31. The highest BCUT2D eigenvalue weighted by Gasteiger charge is 2.22. The first-order chi connectivity index (χ1) is 17.8. The van der Waals surface area contributed by atoms with Crippen molar-refractivity contribution in [2.75, 3.05) is 16.7 Å². The first-order valence-corrected chi connectivity index (χ1v) is 13.5. The zero-order chi connectivity index (χ0) is 26.0. The second-order valence-corrected chi connectivity index (χ2v) is 11.2. The summed E-state index contributed by atoms with van der Waals surface area (Å²) in [6.07, 6.45) is 0. The van der Waals surface area contributed by atoms with Gasteiger partial charge in [-0.25, -0.2) is 12.8 Å². The number of sulfonamides is 1. The Hall–Kier alpha value is -4.21. The number of hydrogen-bond acceptors (Lipinski definition) is 5. The van der Waals surface area contributed by atoms with Crippen LogP contribution in [0.3, 0.4) is 0 Å². The van der Waals surface area contributed by atoms with E-state index in [1.807, 2.05) is 30.3 Å². The van der Waals surface area contributed by atoms with Crippen LogP contribution in [0.1, 0.15) is 9.67 Å². The molecule has 0 saturated carbocycles. The quantitative estimate of drug-likeness (QED) is 0.247. The van der Waals surface area contributed by atoms with Crippen molar-refractivity contribution in [1.29, 1.82) is 0 Å². The summed E-state index contributed by atoms with van der Waals surface area (Å²) in [5.41, 5.74) is 1.05. The summed E-state index contributed by atoms with van der Waals surface area (Å²) in [6, 6.07) is 28.0. The van der Waals surface area contributed by atoms with Gasteiger partial charge in [-0.05, 0) is 90.3 Å².